The zero-order valence-electron chi connectivity index (χ0n) is 12.1. The molecule has 1 heterocycles. The second-order valence-corrected chi connectivity index (χ2v) is 6.43. The zero-order valence-corrected chi connectivity index (χ0v) is 12.1. The maximum atomic E-state index is 9.54. The van der Waals surface area contributed by atoms with Crippen LogP contribution in [0.2, 0.25) is 0 Å². The summed E-state index contributed by atoms with van der Waals surface area (Å²) in [4.78, 5) is 2.60. The average molecular weight is 254 g/mol. The molecule has 2 aliphatic rings. The van der Waals surface area contributed by atoms with Crippen LogP contribution < -0.4 is 5.32 Å². The molecule has 0 aromatic carbocycles. The second kappa shape index (κ2) is 6.88. The molecule has 0 aromatic rings. The summed E-state index contributed by atoms with van der Waals surface area (Å²) in [5.74, 6) is 0. The summed E-state index contributed by atoms with van der Waals surface area (Å²) < 4.78 is 0. The van der Waals surface area contributed by atoms with Crippen LogP contribution in [0.15, 0.2) is 0 Å². The maximum Gasteiger partial charge on any atom is 0.0541 e. The first-order valence-electron chi connectivity index (χ1n) is 7.83. The van der Waals surface area contributed by atoms with E-state index in [0.717, 1.165) is 25.7 Å². The molecule has 18 heavy (non-hydrogen) atoms. The minimum Gasteiger partial charge on any atom is -0.393 e. The van der Waals surface area contributed by atoms with Crippen LogP contribution in [0.1, 0.15) is 58.8 Å². The standard InChI is InChI=1S/C15H30N2O/c1-12(2)17-10-3-4-13(9-11-17)16-14-5-7-15(18)8-6-14/h12-16,18H,3-11H2,1-2H3. The van der Waals surface area contributed by atoms with E-state index in [9.17, 15) is 5.11 Å². The van der Waals surface area contributed by atoms with Gasteiger partial charge in [-0.05, 0) is 71.9 Å². The molecule has 106 valence electrons. The molecule has 2 rings (SSSR count). The highest BCUT2D eigenvalue weighted by Gasteiger charge is 2.24. The largest absolute Gasteiger partial charge is 0.393 e. The number of aliphatic hydroxyl groups excluding tert-OH is 1. The normalized spacial score (nSPS) is 35.7. The van der Waals surface area contributed by atoms with Gasteiger partial charge in [0, 0.05) is 18.1 Å². The highest BCUT2D eigenvalue weighted by atomic mass is 16.3. The monoisotopic (exact) mass is 254 g/mol. The van der Waals surface area contributed by atoms with Crippen LogP contribution >= 0.6 is 0 Å². The fraction of sp³-hybridized carbons (Fsp3) is 1.00. The molecule has 3 heteroatoms. The van der Waals surface area contributed by atoms with E-state index in [1.54, 1.807) is 0 Å². The van der Waals surface area contributed by atoms with Crippen LogP contribution in [0, 0.1) is 0 Å². The first-order valence-corrected chi connectivity index (χ1v) is 7.83. The lowest BCUT2D eigenvalue weighted by molar-refractivity contribution is 0.113. The smallest absolute Gasteiger partial charge is 0.0541 e. The molecule has 0 bridgehead atoms. The van der Waals surface area contributed by atoms with Crippen LogP contribution in [-0.2, 0) is 0 Å². The molecular weight excluding hydrogens is 224 g/mol. The third-order valence-electron chi connectivity index (χ3n) is 4.66. The van der Waals surface area contributed by atoms with Gasteiger partial charge in [-0.3, -0.25) is 0 Å². The van der Waals surface area contributed by atoms with E-state index in [1.165, 1.54) is 32.4 Å². The van der Waals surface area contributed by atoms with Crippen molar-refractivity contribution < 1.29 is 5.11 Å². The summed E-state index contributed by atoms with van der Waals surface area (Å²) in [6.45, 7) is 7.11. The van der Waals surface area contributed by atoms with Gasteiger partial charge in [-0.25, -0.2) is 0 Å². The Balaban J connectivity index is 1.73. The molecular formula is C15H30N2O. The first kappa shape index (κ1) is 14.3. The second-order valence-electron chi connectivity index (χ2n) is 6.43. The Labute approximate surface area is 112 Å². The quantitative estimate of drug-likeness (QED) is 0.810. The number of nitrogens with one attached hydrogen (secondary N) is 1. The van der Waals surface area contributed by atoms with Crippen LogP contribution in [0.25, 0.3) is 0 Å². The molecule has 1 atom stereocenters. The van der Waals surface area contributed by atoms with Crippen molar-refractivity contribution in [3.05, 3.63) is 0 Å². The van der Waals surface area contributed by atoms with Crippen molar-refractivity contribution in [1.82, 2.24) is 10.2 Å². The molecule has 1 unspecified atom stereocenters. The Morgan fingerprint density at radius 1 is 0.944 bits per heavy atom. The molecule has 0 radical (unpaired) electrons. The summed E-state index contributed by atoms with van der Waals surface area (Å²) in [7, 11) is 0. The van der Waals surface area contributed by atoms with Crippen LogP contribution in [0.3, 0.4) is 0 Å². The van der Waals surface area contributed by atoms with Crippen molar-refractivity contribution in [3.8, 4) is 0 Å². The van der Waals surface area contributed by atoms with E-state index in [0.29, 0.717) is 18.1 Å². The lowest BCUT2D eigenvalue weighted by Crippen LogP contribution is -2.42. The highest BCUT2D eigenvalue weighted by molar-refractivity contribution is 4.83. The summed E-state index contributed by atoms with van der Waals surface area (Å²) in [5.41, 5.74) is 0. The molecule has 1 aliphatic carbocycles. The maximum absolute atomic E-state index is 9.54. The molecule has 2 N–H and O–H groups in total. The van der Waals surface area contributed by atoms with Gasteiger partial charge in [-0.15, -0.1) is 0 Å². The number of rotatable bonds is 3. The molecule has 0 aromatic heterocycles. The van der Waals surface area contributed by atoms with Crippen LogP contribution in [0.4, 0.5) is 0 Å². The van der Waals surface area contributed by atoms with Gasteiger partial charge in [-0.2, -0.15) is 0 Å². The van der Waals surface area contributed by atoms with E-state index >= 15 is 0 Å². The molecule has 0 spiro atoms. The Kier molecular flexibility index (Phi) is 5.46. The van der Waals surface area contributed by atoms with Crippen LogP contribution in [0.5, 0.6) is 0 Å². The highest BCUT2D eigenvalue weighted by Crippen LogP contribution is 2.21. The van der Waals surface area contributed by atoms with Crippen molar-refractivity contribution in [3.63, 3.8) is 0 Å². The van der Waals surface area contributed by atoms with E-state index in [-0.39, 0.29) is 6.10 Å². The van der Waals surface area contributed by atoms with Gasteiger partial charge in [0.05, 0.1) is 6.10 Å². The van der Waals surface area contributed by atoms with E-state index in [1.807, 2.05) is 0 Å². The average Bonchev–Trinajstić information content (AvgIpc) is 2.58. The Morgan fingerprint density at radius 2 is 1.61 bits per heavy atom. The van der Waals surface area contributed by atoms with E-state index in [4.69, 9.17) is 0 Å². The minimum absolute atomic E-state index is 0.0337. The summed E-state index contributed by atoms with van der Waals surface area (Å²) in [6.07, 6.45) is 8.20. The molecule has 1 saturated heterocycles. The first-order chi connectivity index (χ1) is 8.65. The lowest BCUT2D eigenvalue weighted by atomic mass is 9.92. The van der Waals surface area contributed by atoms with Gasteiger partial charge in [0.15, 0.2) is 0 Å². The molecule has 1 aliphatic heterocycles. The van der Waals surface area contributed by atoms with E-state index in [2.05, 4.69) is 24.1 Å². The van der Waals surface area contributed by atoms with Crippen molar-refractivity contribution in [2.75, 3.05) is 13.1 Å². The van der Waals surface area contributed by atoms with Gasteiger partial charge in [0.2, 0.25) is 0 Å². The number of nitrogens with zero attached hydrogens (tertiary/aromatic N) is 1. The predicted octanol–water partition coefficient (Wildman–Crippen LogP) is 2.14. The number of hydrogen-bond acceptors (Lipinski definition) is 3. The third-order valence-corrected chi connectivity index (χ3v) is 4.66. The topological polar surface area (TPSA) is 35.5 Å². The van der Waals surface area contributed by atoms with Gasteiger partial charge in [0.25, 0.3) is 0 Å². The van der Waals surface area contributed by atoms with Crippen molar-refractivity contribution in [2.45, 2.75) is 83.0 Å². The predicted molar refractivity (Wildman–Crippen MR) is 75.7 cm³/mol. The number of likely N-dealkylation sites (tertiary alicyclic amines) is 1. The van der Waals surface area contributed by atoms with Crippen LogP contribution in [-0.4, -0.2) is 47.3 Å². The molecule has 1 saturated carbocycles. The fourth-order valence-corrected chi connectivity index (χ4v) is 3.38. The Morgan fingerprint density at radius 3 is 2.28 bits per heavy atom. The molecule has 0 amide bonds. The third kappa shape index (κ3) is 4.22. The van der Waals surface area contributed by atoms with Crippen molar-refractivity contribution in [2.24, 2.45) is 0 Å². The SMILES string of the molecule is CC(C)N1CCCC(NC2CCC(O)CC2)CC1. The lowest BCUT2D eigenvalue weighted by Gasteiger charge is -2.30. The number of hydrogen-bond donors (Lipinski definition) is 2. The number of aliphatic hydroxyl groups is 1. The van der Waals surface area contributed by atoms with Crippen molar-refractivity contribution >= 4 is 0 Å². The van der Waals surface area contributed by atoms with Gasteiger partial charge >= 0.3 is 0 Å². The van der Waals surface area contributed by atoms with Crippen molar-refractivity contribution in [1.29, 1.82) is 0 Å². The summed E-state index contributed by atoms with van der Waals surface area (Å²) in [6, 6.07) is 2.05. The van der Waals surface area contributed by atoms with E-state index < -0.39 is 0 Å². The molecule has 2 fully saturated rings. The van der Waals surface area contributed by atoms with Gasteiger partial charge < -0.3 is 15.3 Å². The molecule has 3 nitrogen and oxygen atoms in total. The van der Waals surface area contributed by atoms with Gasteiger partial charge in [-0.1, -0.05) is 0 Å². The van der Waals surface area contributed by atoms with Gasteiger partial charge in [0.1, 0.15) is 0 Å². The Bertz CT molecular complexity index is 237. The zero-order chi connectivity index (χ0) is 13.0. The Hall–Kier alpha value is -0.120. The fourth-order valence-electron chi connectivity index (χ4n) is 3.38. The minimum atomic E-state index is -0.0337. The summed E-state index contributed by atoms with van der Waals surface area (Å²) in [5, 5.41) is 13.4. The summed E-state index contributed by atoms with van der Waals surface area (Å²) >= 11 is 0.